The van der Waals surface area contributed by atoms with Crippen LogP contribution in [-0.4, -0.2) is 22.9 Å². The average Bonchev–Trinajstić information content (AvgIpc) is 2.97. The van der Waals surface area contributed by atoms with Crippen LogP contribution in [0.25, 0.3) is 0 Å². The summed E-state index contributed by atoms with van der Waals surface area (Å²) >= 11 is 1.52. The summed E-state index contributed by atoms with van der Waals surface area (Å²) < 4.78 is 0. The van der Waals surface area contributed by atoms with Gasteiger partial charge in [-0.25, -0.2) is 9.97 Å². The van der Waals surface area contributed by atoms with E-state index >= 15 is 0 Å². The molecule has 0 bridgehead atoms. The monoisotopic (exact) mass is 276 g/mol. The Morgan fingerprint density at radius 1 is 1.42 bits per heavy atom. The highest BCUT2D eigenvalue weighted by atomic mass is 32.1. The Hall–Kier alpha value is -1.95. The summed E-state index contributed by atoms with van der Waals surface area (Å²) in [5.41, 5.74) is 1.51. The maximum absolute atomic E-state index is 12.1. The van der Waals surface area contributed by atoms with E-state index in [1.54, 1.807) is 19.3 Å². The number of rotatable bonds is 5. The largest absolute Gasteiger partial charge is 0.373 e. The fourth-order valence-electron chi connectivity index (χ4n) is 1.63. The van der Waals surface area contributed by atoms with Gasteiger partial charge in [0.2, 0.25) is 0 Å². The molecule has 0 radical (unpaired) electrons. The van der Waals surface area contributed by atoms with Gasteiger partial charge in [0, 0.05) is 29.9 Å². The van der Waals surface area contributed by atoms with Gasteiger partial charge in [-0.3, -0.25) is 4.79 Å². The van der Waals surface area contributed by atoms with Gasteiger partial charge in [0.25, 0.3) is 5.91 Å². The molecule has 2 heterocycles. The normalized spacial score (nSPS) is 10.2. The van der Waals surface area contributed by atoms with Crippen LogP contribution >= 0.6 is 11.3 Å². The molecule has 0 unspecified atom stereocenters. The van der Waals surface area contributed by atoms with Gasteiger partial charge in [0.05, 0.1) is 6.54 Å². The molecule has 0 fully saturated rings. The Balaban J connectivity index is 2.09. The first-order valence-electron chi connectivity index (χ1n) is 6.08. The molecular formula is C13H16N4OS. The fourth-order valence-corrected chi connectivity index (χ4v) is 2.18. The number of thiazole rings is 1. The van der Waals surface area contributed by atoms with Crippen LogP contribution in [0.3, 0.4) is 0 Å². The third-order valence-corrected chi connectivity index (χ3v) is 3.42. The van der Waals surface area contributed by atoms with Gasteiger partial charge >= 0.3 is 0 Å². The molecule has 6 heteroatoms. The molecule has 1 amide bonds. The van der Waals surface area contributed by atoms with Crippen LogP contribution < -0.4 is 10.6 Å². The SMILES string of the molecule is CCc1cc(C(=O)NCc2nccs2)cc(NC)n1. The first-order chi connectivity index (χ1) is 9.22. The van der Waals surface area contributed by atoms with E-state index < -0.39 is 0 Å². The van der Waals surface area contributed by atoms with Gasteiger partial charge in [-0.15, -0.1) is 11.3 Å². The van der Waals surface area contributed by atoms with E-state index in [1.807, 2.05) is 18.4 Å². The number of pyridine rings is 1. The van der Waals surface area contributed by atoms with Crippen molar-refractivity contribution in [3.05, 3.63) is 40.0 Å². The smallest absolute Gasteiger partial charge is 0.251 e. The second-order valence-electron chi connectivity index (χ2n) is 3.94. The van der Waals surface area contributed by atoms with Gasteiger partial charge in [-0.2, -0.15) is 0 Å². The maximum atomic E-state index is 12.1. The number of hydrogen-bond acceptors (Lipinski definition) is 5. The predicted octanol–water partition coefficient (Wildman–Crippen LogP) is 2.07. The number of nitrogens with one attached hydrogen (secondary N) is 2. The average molecular weight is 276 g/mol. The maximum Gasteiger partial charge on any atom is 0.251 e. The number of hydrogen-bond donors (Lipinski definition) is 2. The lowest BCUT2D eigenvalue weighted by atomic mass is 10.2. The van der Waals surface area contributed by atoms with Crippen molar-refractivity contribution in [1.29, 1.82) is 0 Å². The lowest BCUT2D eigenvalue weighted by molar-refractivity contribution is 0.0950. The first kappa shape index (κ1) is 13.5. The summed E-state index contributed by atoms with van der Waals surface area (Å²) in [5, 5.41) is 8.61. The first-order valence-corrected chi connectivity index (χ1v) is 6.96. The molecule has 100 valence electrons. The summed E-state index contributed by atoms with van der Waals surface area (Å²) in [4.78, 5) is 20.6. The molecule has 0 aromatic carbocycles. The highest BCUT2D eigenvalue weighted by molar-refractivity contribution is 7.09. The highest BCUT2D eigenvalue weighted by Crippen LogP contribution is 2.11. The number of carbonyl (C=O) groups excluding carboxylic acids is 1. The van der Waals surface area contributed by atoms with Crippen molar-refractivity contribution in [3.8, 4) is 0 Å². The van der Waals surface area contributed by atoms with Crippen molar-refractivity contribution in [3.63, 3.8) is 0 Å². The standard InChI is InChI=1S/C13H16N4OS/c1-3-10-6-9(7-11(14-2)17-10)13(18)16-8-12-15-4-5-19-12/h4-7H,3,8H2,1-2H3,(H,14,17)(H,16,18). The van der Waals surface area contributed by atoms with Crippen molar-refractivity contribution >= 4 is 23.1 Å². The number of aromatic nitrogens is 2. The molecule has 0 aliphatic carbocycles. The summed E-state index contributed by atoms with van der Waals surface area (Å²) in [6.07, 6.45) is 2.52. The van der Waals surface area contributed by atoms with E-state index in [-0.39, 0.29) is 5.91 Å². The van der Waals surface area contributed by atoms with Crippen molar-refractivity contribution in [2.75, 3.05) is 12.4 Å². The van der Waals surface area contributed by atoms with Crippen LogP contribution in [0.1, 0.15) is 28.0 Å². The second kappa shape index (κ2) is 6.29. The van der Waals surface area contributed by atoms with E-state index in [0.29, 0.717) is 17.9 Å². The van der Waals surface area contributed by atoms with Gasteiger partial charge in [0.1, 0.15) is 10.8 Å². The van der Waals surface area contributed by atoms with Crippen LogP contribution in [0.5, 0.6) is 0 Å². The molecule has 2 N–H and O–H groups in total. The molecule has 0 spiro atoms. The van der Waals surface area contributed by atoms with Crippen molar-refractivity contribution in [2.45, 2.75) is 19.9 Å². The van der Waals surface area contributed by atoms with E-state index in [2.05, 4.69) is 20.6 Å². The molecule has 0 aliphatic rings. The summed E-state index contributed by atoms with van der Waals surface area (Å²) in [7, 11) is 1.79. The highest BCUT2D eigenvalue weighted by Gasteiger charge is 2.09. The Morgan fingerprint density at radius 2 is 2.26 bits per heavy atom. The van der Waals surface area contributed by atoms with Gasteiger partial charge in [-0.05, 0) is 18.6 Å². The Morgan fingerprint density at radius 3 is 2.89 bits per heavy atom. The lowest BCUT2D eigenvalue weighted by Gasteiger charge is -2.08. The molecule has 2 aromatic rings. The number of anilines is 1. The summed E-state index contributed by atoms with van der Waals surface area (Å²) in [6, 6.07) is 3.56. The van der Waals surface area contributed by atoms with Crippen molar-refractivity contribution in [1.82, 2.24) is 15.3 Å². The van der Waals surface area contributed by atoms with Crippen LogP contribution in [0, 0.1) is 0 Å². The molecule has 2 rings (SSSR count). The molecular weight excluding hydrogens is 260 g/mol. The van der Waals surface area contributed by atoms with Gasteiger partial charge in [-0.1, -0.05) is 6.92 Å². The molecule has 0 saturated carbocycles. The molecule has 2 aromatic heterocycles. The van der Waals surface area contributed by atoms with Crippen LogP contribution in [0.2, 0.25) is 0 Å². The third kappa shape index (κ3) is 3.51. The van der Waals surface area contributed by atoms with Crippen LogP contribution in [0.4, 0.5) is 5.82 Å². The van der Waals surface area contributed by atoms with E-state index in [1.165, 1.54) is 11.3 Å². The number of carbonyl (C=O) groups is 1. The van der Waals surface area contributed by atoms with Gasteiger partial charge in [0.15, 0.2) is 0 Å². The predicted molar refractivity (Wildman–Crippen MR) is 76.4 cm³/mol. The van der Waals surface area contributed by atoms with Crippen LogP contribution in [0.15, 0.2) is 23.7 Å². The number of nitrogens with zero attached hydrogens (tertiary/aromatic N) is 2. The Kier molecular flexibility index (Phi) is 4.46. The molecule has 0 atom stereocenters. The zero-order valence-corrected chi connectivity index (χ0v) is 11.8. The minimum absolute atomic E-state index is 0.108. The minimum Gasteiger partial charge on any atom is -0.373 e. The van der Waals surface area contributed by atoms with Crippen molar-refractivity contribution in [2.24, 2.45) is 0 Å². The third-order valence-electron chi connectivity index (χ3n) is 2.64. The van der Waals surface area contributed by atoms with Gasteiger partial charge < -0.3 is 10.6 Å². The quantitative estimate of drug-likeness (QED) is 0.877. The number of amides is 1. The Bertz CT molecular complexity index is 532. The second-order valence-corrected chi connectivity index (χ2v) is 4.92. The van der Waals surface area contributed by atoms with E-state index in [4.69, 9.17) is 0 Å². The summed E-state index contributed by atoms with van der Waals surface area (Å²) in [5.74, 6) is 0.600. The fraction of sp³-hybridized carbons (Fsp3) is 0.308. The van der Waals surface area contributed by atoms with E-state index in [9.17, 15) is 4.79 Å². The number of aryl methyl sites for hydroxylation is 1. The molecule has 5 nitrogen and oxygen atoms in total. The van der Waals surface area contributed by atoms with Crippen LogP contribution in [-0.2, 0) is 13.0 Å². The topological polar surface area (TPSA) is 66.9 Å². The molecule has 0 aliphatic heterocycles. The molecule has 0 saturated heterocycles. The van der Waals surface area contributed by atoms with Crippen molar-refractivity contribution < 1.29 is 4.79 Å². The van der Waals surface area contributed by atoms with E-state index in [0.717, 1.165) is 17.1 Å². The lowest BCUT2D eigenvalue weighted by Crippen LogP contribution is -2.23. The molecule has 19 heavy (non-hydrogen) atoms. The minimum atomic E-state index is -0.108. The Labute approximate surface area is 116 Å². The summed E-state index contributed by atoms with van der Waals surface area (Å²) in [6.45, 7) is 2.47. The zero-order valence-electron chi connectivity index (χ0n) is 10.9. The zero-order chi connectivity index (χ0) is 13.7.